The molecule has 1 saturated carbocycles. The van der Waals surface area contributed by atoms with Gasteiger partial charge in [-0.1, -0.05) is 23.2 Å². The van der Waals surface area contributed by atoms with Crippen molar-refractivity contribution in [2.24, 2.45) is 5.92 Å². The van der Waals surface area contributed by atoms with E-state index in [-0.39, 0.29) is 36.5 Å². The lowest BCUT2D eigenvalue weighted by Gasteiger charge is -2.32. The summed E-state index contributed by atoms with van der Waals surface area (Å²) in [6.45, 7) is 1.21. The normalized spacial score (nSPS) is 20.8. The Labute approximate surface area is 191 Å². The van der Waals surface area contributed by atoms with E-state index in [2.05, 4.69) is 5.32 Å². The molecule has 0 spiro atoms. The molecule has 2 aliphatic rings. The van der Waals surface area contributed by atoms with Crippen molar-refractivity contribution in [3.05, 3.63) is 58.6 Å². The second-order valence-electron chi connectivity index (χ2n) is 7.86. The number of piperidine rings is 1. The summed E-state index contributed by atoms with van der Waals surface area (Å²) in [6, 6.07) is 14.1. The fraction of sp³-hybridized carbons (Fsp3) is 0.391. The molecular weight excluding hydrogens is 439 g/mol. The smallest absolute Gasteiger partial charge is 0.258 e. The van der Waals surface area contributed by atoms with Gasteiger partial charge in [0.2, 0.25) is 5.91 Å². The lowest BCUT2D eigenvalue weighted by Crippen LogP contribution is -2.48. The summed E-state index contributed by atoms with van der Waals surface area (Å²) in [6.07, 6.45) is 2.12. The Morgan fingerprint density at radius 3 is 2.13 bits per heavy atom. The number of carbonyl (C=O) groups is 2. The molecule has 0 bridgehead atoms. The topological polar surface area (TPSA) is 67.9 Å². The van der Waals surface area contributed by atoms with Crippen LogP contribution < -0.4 is 14.8 Å². The molecule has 0 aromatic heterocycles. The summed E-state index contributed by atoms with van der Waals surface area (Å²) in [5.74, 6) is 1.20. The van der Waals surface area contributed by atoms with Gasteiger partial charge in [-0.15, -0.1) is 0 Å². The second-order valence-corrected chi connectivity index (χ2v) is 8.73. The molecule has 2 fully saturated rings. The minimum atomic E-state index is -0.168. The van der Waals surface area contributed by atoms with Gasteiger partial charge in [-0.2, -0.15) is 0 Å². The zero-order valence-corrected chi connectivity index (χ0v) is 18.4. The van der Waals surface area contributed by atoms with E-state index >= 15 is 0 Å². The number of rotatable bonds is 7. The van der Waals surface area contributed by atoms with Crippen molar-refractivity contribution in [3.63, 3.8) is 0 Å². The maximum absolute atomic E-state index is 12.7. The third-order valence-electron chi connectivity index (χ3n) is 5.51. The average Bonchev–Trinajstić information content (AvgIpc) is 3.54. The highest BCUT2D eigenvalue weighted by molar-refractivity contribution is 6.30. The summed E-state index contributed by atoms with van der Waals surface area (Å²) >= 11 is 11.7. The van der Waals surface area contributed by atoms with Gasteiger partial charge in [-0.25, -0.2) is 0 Å². The summed E-state index contributed by atoms with van der Waals surface area (Å²) in [5, 5.41) is 4.26. The van der Waals surface area contributed by atoms with Gasteiger partial charge in [0.15, 0.2) is 6.61 Å². The number of carbonyl (C=O) groups excluding carboxylic acids is 2. The van der Waals surface area contributed by atoms with Gasteiger partial charge in [0.1, 0.15) is 17.6 Å². The monoisotopic (exact) mass is 462 g/mol. The molecule has 2 atom stereocenters. The van der Waals surface area contributed by atoms with Crippen molar-refractivity contribution in [2.45, 2.75) is 31.4 Å². The molecule has 4 rings (SSSR count). The minimum absolute atomic E-state index is 0.0469. The van der Waals surface area contributed by atoms with Crippen LogP contribution in [0.4, 0.5) is 0 Å². The highest BCUT2D eigenvalue weighted by Crippen LogP contribution is 2.37. The van der Waals surface area contributed by atoms with Gasteiger partial charge in [0.05, 0.1) is 5.92 Å². The molecule has 0 unspecified atom stereocenters. The molecule has 2 aromatic rings. The average molecular weight is 463 g/mol. The van der Waals surface area contributed by atoms with Crippen molar-refractivity contribution in [3.8, 4) is 11.5 Å². The molecule has 2 aromatic carbocycles. The first-order valence-corrected chi connectivity index (χ1v) is 11.1. The molecule has 0 radical (unpaired) electrons. The molecular formula is C23H24Cl2N2O4. The third-order valence-corrected chi connectivity index (χ3v) is 6.01. The number of nitrogens with one attached hydrogen (secondary N) is 1. The van der Waals surface area contributed by atoms with Crippen molar-refractivity contribution < 1.29 is 19.1 Å². The van der Waals surface area contributed by atoms with Crippen LogP contribution in [0.25, 0.3) is 0 Å². The van der Waals surface area contributed by atoms with Crippen LogP contribution in [0, 0.1) is 5.92 Å². The first-order chi connectivity index (χ1) is 15.0. The molecule has 31 heavy (non-hydrogen) atoms. The fourth-order valence-electron chi connectivity index (χ4n) is 3.68. The highest BCUT2D eigenvalue weighted by atomic mass is 35.5. The minimum Gasteiger partial charge on any atom is -0.490 e. The molecule has 164 valence electrons. The Hall–Kier alpha value is -2.44. The number of benzene rings is 2. The Balaban J connectivity index is 1.16. The van der Waals surface area contributed by atoms with Crippen molar-refractivity contribution in [1.82, 2.24) is 10.2 Å². The van der Waals surface area contributed by atoms with E-state index in [0.29, 0.717) is 28.9 Å². The molecule has 1 N–H and O–H groups in total. The highest BCUT2D eigenvalue weighted by Gasteiger charge is 2.47. The Morgan fingerprint density at radius 1 is 0.935 bits per heavy atom. The zero-order valence-electron chi connectivity index (χ0n) is 16.9. The van der Waals surface area contributed by atoms with Crippen LogP contribution in [-0.4, -0.2) is 48.6 Å². The maximum Gasteiger partial charge on any atom is 0.258 e. The standard InChI is InChI=1S/C23H24Cl2N2O4/c24-15-1-5-18(6-2-15)30-14-22(28)26-17-9-11-27(12-10-17)23(29)20-13-21(20)31-19-7-3-16(25)4-8-19/h1-8,17,20-21H,9-14H2,(H,26,28)/t20-,21-/m1/s1. The second kappa shape index (κ2) is 9.79. The van der Waals surface area contributed by atoms with E-state index in [1.54, 1.807) is 36.4 Å². The number of hydrogen-bond acceptors (Lipinski definition) is 4. The number of halogens is 2. The van der Waals surface area contributed by atoms with Crippen LogP contribution in [0.5, 0.6) is 11.5 Å². The third kappa shape index (κ3) is 6.05. The van der Waals surface area contributed by atoms with Gasteiger partial charge in [0, 0.05) is 35.6 Å². The van der Waals surface area contributed by atoms with E-state index in [4.69, 9.17) is 32.7 Å². The predicted octanol–water partition coefficient (Wildman–Crippen LogP) is 3.95. The van der Waals surface area contributed by atoms with E-state index in [1.807, 2.05) is 17.0 Å². The fourth-order valence-corrected chi connectivity index (χ4v) is 3.93. The number of hydrogen-bond donors (Lipinski definition) is 1. The van der Waals surface area contributed by atoms with Crippen LogP contribution >= 0.6 is 23.2 Å². The molecule has 1 aliphatic heterocycles. The Kier molecular flexibility index (Phi) is 6.88. The van der Waals surface area contributed by atoms with E-state index in [9.17, 15) is 9.59 Å². The first-order valence-electron chi connectivity index (χ1n) is 10.4. The summed E-state index contributed by atoms with van der Waals surface area (Å²) in [4.78, 5) is 26.8. The maximum atomic E-state index is 12.7. The van der Waals surface area contributed by atoms with E-state index in [1.165, 1.54) is 0 Å². The van der Waals surface area contributed by atoms with Crippen LogP contribution in [0.15, 0.2) is 48.5 Å². The number of amides is 2. The predicted molar refractivity (Wildman–Crippen MR) is 119 cm³/mol. The first kappa shape index (κ1) is 21.8. The molecule has 2 amide bonds. The lowest BCUT2D eigenvalue weighted by molar-refractivity contribution is -0.134. The van der Waals surface area contributed by atoms with Crippen molar-refractivity contribution >= 4 is 35.0 Å². The molecule has 1 aliphatic carbocycles. The Bertz CT molecular complexity index is 912. The summed E-state index contributed by atoms with van der Waals surface area (Å²) < 4.78 is 11.3. The van der Waals surface area contributed by atoms with Gasteiger partial charge >= 0.3 is 0 Å². The molecule has 6 nitrogen and oxygen atoms in total. The van der Waals surface area contributed by atoms with Gasteiger partial charge in [0.25, 0.3) is 5.91 Å². The van der Waals surface area contributed by atoms with Crippen LogP contribution in [0.2, 0.25) is 10.0 Å². The SMILES string of the molecule is O=C(COc1ccc(Cl)cc1)NC1CCN(C(=O)[C@@H]2C[C@H]2Oc2ccc(Cl)cc2)CC1. The van der Waals surface area contributed by atoms with Crippen LogP contribution in [0.3, 0.4) is 0 Å². The largest absolute Gasteiger partial charge is 0.490 e. The lowest BCUT2D eigenvalue weighted by atomic mass is 10.0. The van der Waals surface area contributed by atoms with E-state index < -0.39 is 0 Å². The number of nitrogens with zero attached hydrogens (tertiary/aromatic N) is 1. The summed E-state index contributed by atoms with van der Waals surface area (Å²) in [5.41, 5.74) is 0. The number of likely N-dealkylation sites (tertiary alicyclic amines) is 1. The molecule has 1 heterocycles. The van der Waals surface area contributed by atoms with Crippen molar-refractivity contribution in [1.29, 1.82) is 0 Å². The van der Waals surface area contributed by atoms with Crippen LogP contribution in [-0.2, 0) is 9.59 Å². The molecule has 1 saturated heterocycles. The van der Waals surface area contributed by atoms with E-state index in [0.717, 1.165) is 25.0 Å². The summed E-state index contributed by atoms with van der Waals surface area (Å²) in [7, 11) is 0. The zero-order chi connectivity index (χ0) is 21.8. The van der Waals surface area contributed by atoms with Gasteiger partial charge in [-0.3, -0.25) is 9.59 Å². The van der Waals surface area contributed by atoms with Gasteiger partial charge in [-0.05, 0) is 61.4 Å². The number of ether oxygens (including phenoxy) is 2. The molecule has 8 heteroatoms. The van der Waals surface area contributed by atoms with Crippen molar-refractivity contribution in [2.75, 3.05) is 19.7 Å². The van der Waals surface area contributed by atoms with Gasteiger partial charge < -0.3 is 19.7 Å². The van der Waals surface area contributed by atoms with Crippen LogP contribution in [0.1, 0.15) is 19.3 Å². The Morgan fingerprint density at radius 2 is 1.52 bits per heavy atom. The quantitative estimate of drug-likeness (QED) is 0.676.